The first-order chi connectivity index (χ1) is 8.11. The van der Waals surface area contributed by atoms with Crippen molar-refractivity contribution >= 4 is 11.6 Å². The molecule has 0 aliphatic rings. The maximum absolute atomic E-state index is 14.0. The summed E-state index contributed by atoms with van der Waals surface area (Å²) in [6.45, 7) is 0. The monoisotopic (exact) mass is 252 g/mol. The van der Waals surface area contributed by atoms with E-state index in [9.17, 15) is 9.50 Å². The Labute approximate surface area is 103 Å². The fourth-order valence-corrected chi connectivity index (χ4v) is 1.85. The number of halogens is 2. The van der Waals surface area contributed by atoms with Crippen molar-refractivity contribution < 1.29 is 14.2 Å². The Bertz CT molecular complexity index is 535. The van der Waals surface area contributed by atoms with Gasteiger partial charge in [0.05, 0.1) is 7.11 Å². The zero-order chi connectivity index (χ0) is 12.4. The molecule has 17 heavy (non-hydrogen) atoms. The molecule has 0 amide bonds. The standard InChI is InChI=1S/C13H10ClFO2/c1-17-12-4-2-3-11(13(12)15)8-5-9(14)7-10(16)6-8/h2-7,16H,1H3. The van der Waals surface area contributed by atoms with Crippen LogP contribution in [0.2, 0.25) is 5.02 Å². The van der Waals surface area contributed by atoms with Crippen LogP contribution >= 0.6 is 11.6 Å². The number of hydrogen-bond donors (Lipinski definition) is 1. The molecule has 88 valence electrons. The summed E-state index contributed by atoms with van der Waals surface area (Å²) < 4.78 is 18.9. The highest BCUT2D eigenvalue weighted by Crippen LogP contribution is 2.32. The van der Waals surface area contributed by atoms with Crippen LogP contribution in [0.3, 0.4) is 0 Å². The quantitative estimate of drug-likeness (QED) is 0.879. The van der Waals surface area contributed by atoms with E-state index in [4.69, 9.17) is 16.3 Å². The number of phenols is 1. The molecule has 0 spiro atoms. The van der Waals surface area contributed by atoms with Gasteiger partial charge in [0.2, 0.25) is 0 Å². The van der Waals surface area contributed by atoms with Gasteiger partial charge in [-0.25, -0.2) is 4.39 Å². The van der Waals surface area contributed by atoms with Crippen molar-refractivity contribution in [3.05, 3.63) is 47.2 Å². The van der Waals surface area contributed by atoms with Crippen LogP contribution in [-0.4, -0.2) is 12.2 Å². The summed E-state index contributed by atoms with van der Waals surface area (Å²) in [5.41, 5.74) is 0.841. The summed E-state index contributed by atoms with van der Waals surface area (Å²) in [6.07, 6.45) is 0. The molecule has 0 heterocycles. The Morgan fingerprint density at radius 2 is 2.00 bits per heavy atom. The fraction of sp³-hybridized carbons (Fsp3) is 0.0769. The van der Waals surface area contributed by atoms with Crippen LogP contribution in [0, 0.1) is 5.82 Å². The normalized spacial score (nSPS) is 10.3. The molecule has 2 rings (SSSR count). The van der Waals surface area contributed by atoms with Gasteiger partial charge in [0.15, 0.2) is 11.6 Å². The number of benzene rings is 2. The highest BCUT2D eigenvalue weighted by atomic mass is 35.5. The van der Waals surface area contributed by atoms with Gasteiger partial charge in [0.25, 0.3) is 0 Å². The van der Waals surface area contributed by atoms with E-state index in [1.807, 2.05) is 0 Å². The molecule has 0 saturated carbocycles. The summed E-state index contributed by atoms with van der Waals surface area (Å²) in [4.78, 5) is 0. The Morgan fingerprint density at radius 3 is 2.65 bits per heavy atom. The van der Waals surface area contributed by atoms with Crippen LogP contribution in [0.25, 0.3) is 11.1 Å². The number of ether oxygens (including phenoxy) is 1. The van der Waals surface area contributed by atoms with Crippen LogP contribution < -0.4 is 4.74 Å². The second kappa shape index (κ2) is 4.63. The zero-order valence-electron chi connectivity index (χ0n) is 9.08. The fourth-order valence-electron chi connectivity index (χ4n) is 1.62. The smallest absolute Gasteiger partial charge is 0.172 e. The van der Waals surface area contributed by atoms with Crippen molar-refractivity contribution in [2.24, 2.45) is 0 Å². The van der Waals surface area contributed by atoms with Crippen molar-refractivity contribution in [2.45, 2.75) is 0 Å². The van der Waals surface area contributed by atoms with Gasteiger partial charge in [0.1, 0.15) is 5.75 Å². The summed E-state index contributed by atoms with van der Waals surface area (Å²) in [7, 11) is 1.40. The highest BCUT2D eigenvalue weighted by molar-refractivity contribution is 6.31. The van der Waals surface area contributed by atoms with E-state index in [1.165, 1.54) is 25.3 Å². The Hall–Kier alpha value is -1.74. The molecule has 2 aromatic rings. The van der Waals surface area contributed by atoms with Gasteiger partial charge in [-0.3, -0.25) is 0 Å². The molecule has 0 fully saturated rings. The van der Waals surface area contributed by atoms with Crippen LogP contribution in [-0.2, 0) is 0 Å². The van der Waals surface area contributed by atoms with Gasteiger partial charge in [-0.05, 0) is 29.8 Å². The molecule has 2 nitrogen and oxygen atoms in total. The van der Waals surface area contributed by atoms with Gasteiger partial charge in [-0.2, -0.15) is 0 Å². The third kappa shape index (κ3) is 2.34. The maximum atomic E-state index is 14.0. The van der Waals surface area contributed by atoms with Crippen molar-refractivity contribution in [2.75, 3.05) is 7.11 Å². The number of aromatic hydroxyl groups is 1. The van der Waals surface area contributed by atoms with Crippen molar-refractivity contribution in [1.82, 2.24) is 0 Å². The average molecular weight is 253 g/mol. The van der Waals surface area contributed by atoms with Crippen LogP contribution in [0.5, 0.6) is 11.5 Å². The van der Waals surface area contributed by atoms with Crippen molar-refractivity contribution in [3.63, 3.8) is 0 Å². The first-order valence-corrected chi connectivity index (χ1v) is 5.32. The van der Waals surface area contributed by atoms with Crippen LogP contribution in [0.1, 0.15) is 0 Å². The van der Waals surface area contributed by atoms with Crippen molar-refractivity contribution in [1.29, 1.82) is 0 Å². The van der Waals surface area contributed by atoms with E-state index < -0.39 is 5.82 Å². The molecular weight excluding hydrogens is 243 g/mol. The summed E-state index contributed by atoms with van der Waals surface area (Å²) in [5, 5.41) is 9.78. The molecule has 0 atom stereocenters. The van der Waals surface area contributed by atoms with Gasteiger partial charge in [-0.15, -0.1) is 0 Å². The molecule has 1 N–H and O–H groups in total. The first kappa shape index (κ1) is 11.7. The molecule has 0 aromatic heterocycles. The van der Waals surface area contributed by atoms with E-state index >= 15 is 0 Å². The molecule has 0 bridgehead atoms. The second-order valence-corrected chi connectivity index (χ2v) is 3.96. The Balaban J connectivity index is 2.60. The second-order valence-electron chi connectivity index (χ2n) is 3.52. The topological polar surface area (TPSA) is 29.5 Å². The molecule has 4 heteroatoms. The highest BCUT2D eigenvalue weighted by Gasteiger charge is 2.11. The minimum atomic E-state index is -0.475. The van der Waals surface area contributed by atoms with E-state index in [0.717, 1.165) is 0 Å². The van der Waals surface area contributed by atoms with Crippen LogP contribution in [0.15, 0.2) is 36.4 Å². The summed E-state index contributed by atoms with van der Waals surface area (Å²) >= 11 is 5.81. The van der Waals surface area contributed by atoms with E-state index in [1.54, 1.807) is 18.2 Å². The van der Waals surface area contributed by atoms with E-state index in [-0.39, 0.29) is 11.5 Å². The number of hydrogen-bond acceptors (Lipinski definition) is 2. The molecule has 0 saturated heterocycles. The maximum Gasteiger partial charge on any atom is 0.172 e. The lowest BCUT2D eigenvalue weighted by Crippen LogP contribution is -1.91. The molecular formula is C13H10ClFO2. The lowest BCUT2D eigenvalue weighted by Gasteiger charge is -2.08. The number of methoxy groups -OCH3 is 1. The Kier molecular flexibility index (Phi) is 3.20. The lowest BCUT2D eigenvalue weighted by molar-refractivity contribution is 0.387. The van der Waals surface area contributed by atoms with Gasteiger partial charge < -0.3 is 9.84 Å². The van der Waals surface area contributed by atoms with Gasteiger partial charge >= 0.3 is 0 Å². The van der Waals surface area contributed by atoms with Crippen LogP contribution in [0.4, 0.5) is 4.39 Å². The van der Waals surface area contributed by atoms with E-state index in [2.05, 4.69) is 0 Å². The minimum Gasteiger partial charge on any atom is -0.508 e. The predicted molar refractivity (Wildman–Crippen MR) is 65.1 cm³/mol. The minimum absolute atomic E-state index is 0.00489. The predicted octanol–water partition coefficient (Wildman–Crippen LogP) is 3.86. The molecule has 2 aromatic carbocycles. The first-order valence-electron chi connectivity index (χ1n) is 4.94. The Morgan fingerprint density at radius 1 is 1.24 bits per heavy atom. The third-order valence-electron chi connectivity index (χ3n) is 2.38. The SMILES string of the molecule is COc1cccc(-c2cc(O)cc(Cl)c2)c1F. The van der Waals surface area contributed by atoms with Crippen molar-refractivity contribution in [3.8, 4) is 22.6 Å². The molecule has 0 radical (unpaired) electrons. The molecule has 0 aliphatic heterocycles. The number of phenolic OH excluding ortho intramolecular Hbond substituents is 1. The molecule has 0 aliphatic carbocycles. The largest absolute Gasteiger partial charge is 0.508 e. The van der Waals surface area contributed by atoms with E-state index in [0.29, 0.717) is 16.1 Å². The average Bonchev–Trinajstić information content (AvgIpc) is 2.28. The van der Waals surface area contributed by atoms with Gasteiger partial charge in [0, 0.05) is 10.6 Å². The lowest BCUT2D eigenvalue weighted by atomic mass is 10.0. The third-order valence-corrected chi connectivity index (χ3v) is 2.59. The molecule has 0 unspecified atom stereocenters. The summed E-state index contributed by atoms with van der Waals surface area (Å²) in [6, 6.07) is 9.23. The zero-order valence-corrected chi connectivity index (χ0v) is 9.83. The summed E-state index contributed by atoms with van der Waals surface area (Å²) in [5.74, 6) is -0.326. The number of rotatable bonds is 2. The van der Waals surface area contributed by atoms with Gasteiger partial charge in [-0.1, -0.05) is 23.7 Å².